The van der Waals surface area contributed by atoms with Gasteiger partial charge in [0.25, 0.3) is 0 Å². The van der Waals surface area contributed by atoms with Gasteiger partial charge in [0.2, 0.25) is 0 Å². The summed E-state index contributed by atoms with van der Waals surface area (Å²) in [6.45, 7) is -2.40. The van der Waals surface area contributed by atoms with Crippen molar-refractivity contribution in [2.75, 3.05) is 0 Å². The van der Waals surface area contributed by atoms with Crippen LogP contribution in [-0.2, 0) is 24.8 Å². The van der Waals surface area contributed by atoms with E-state index in [4.69, 9.17) is 0 Å². The molecule has 10 rings (SSSR count). The van der Waals surface area contributed by atoms with E-state index in [1.54, 1.807) is 61.6 Å². The Kier molecular flexibility index (Phi) is 0.0793. The van der Waals surface area contributed by atoms with Crippen LogP contribution in [0.5, 0.6) is 0 Å². The molecule has 0 amide bonds. The summed E-state index contributed by atoms with van der Waals surface area (Å²) in [5.74, 6) is 0. The summed E-state index contributed by atoms with van der Waals surface area (Å²) in [5.41, 5.74) is 0. The Morgan fingerprint density at radius 3 is 1.17 bits per heavy atom. The van der Waals surface area contributed by atoms with Crippen molar-refractivity contribution < 1.29 is 24.8 Å². The van der Waals surface area contributed by atoms with Gasteiger partial charge in [0, 0.05) is 0 Å². The average Bonchev–Trinajstić information content (AvgIpc) is 2.97. The van der Waals surface area contributed by atoms with Crippen LogP contribution in [0.15, 0.2) is 0 Å². The molecule has 0 bridgehead atoms. The predicted octanol–water partition coefficient (Wildman–Crippen LogP) is 3.25. The third-order valence-corrected chi connectivity index (χ3v) is 72.5. The van der Waals surface area contributed by atoms with Gasteiger partial charge < -0.3 is 0 Å². The van der Waals surface area contributed by atoms with Gasteiger partial charge in [-0.2, -0.15) is 0 Å². The maximum atomic E-state index is 1.81. The fourth-order valence-corrected chi connectivity index (χ4v) is 116. The van der Waals surface area contributed by atoms with Crippen LogP contribution in [0.1, 0.15) is 0 Å². The quantitative estimate of drug-likeness (QED) is 0.579. The van der Waals surface area contributed by atoms with Crippen LogP contribution in [0, 0.1) is 0 Å². The molecule has 0 N–H and O–H groups in total. The van der Waals surface area contributed by atoms with E-state index in [0.29, 0.717) is 0 Å². The molecule has 10 aliphatic rings. The molecule has 12 heavy (non-hydrogen) atoms. The Morgan fingerprint density at radius 2 is 1.17 bits per heavy atom. The predicted molar refractivity (Wildman–Crippen MR) is 36.4 cm³/mol. The average molecular weight is 250 g/mol. The first-order valence-electron chi connectivity index (χ1n) is 5.61. The van der Waals surface area contributed by atoms with Crippen molar-refractivity contribution in [2.45, 2.75) is 46.3 Å². The van der Waals surface area contributed by atoms with E-state index < -0.39 is 6.51 Å². The van der Waals surface area contributed by atoms with Gasteiger partial charge in [-0.05, 0) is 0 Å². The number of hydrogen-bond acceptors (Lipinski definition) is 0. The molecule has 0 aromatic carbocycles. The van der Waals surface area contributed by atoms with Gasteiger partial charge in [0.05, 0.1) is 0 Å². The van der Waals surface area contributed by atoms with Crippen molar-refractivity contribution in [3.63, 3.8) is 0 Å². The number of rotatable bonds is 0. The molecular weight excluding hydrogens is 241 g/mol. The molecule has 10 fully saturated rings. The Hall–Kier alpha value is 1.14. The minimum atomic E-state index is -2.40. The molecule has 0 aromatic heterocycles. The van der Waals surface area contributed by atoms with Gasteiger partial charge >= 0.3 is 71.1 Å². The van der Waals surface area contributed by atoms with E-state index in [1.165, 1.54) is 2.91 Å². The molecule has 0 aromatic rings. The molecule has 10 heterocycles. The maximum absolute atomic E-state index is 2.40. The van der Waals surface area contributed by atoms with Crippen molar-refractivity contribution in [3.8, 4) is 0 Å². The van der Waals surface area contributed by atoms with Gasteiger partial charge in [0.1, 0.15) is 0 Å². The summed E-state index contributed by atoms with van der Waals surface area (Å²) in [6.07, 6.45) is 0. The Labute approximate surface area is 70.8 Å². The van der Waals surface area contributed by atoms with Crippen molar-refractivity contribution >= 4 is 0 Å². The Bertz CT molecular complexity index is 755. The van der Waals surface area contributed by atoms with E-state index in [0.717, 1.165) is 0 Å². The second-order valence-corrected chi connectivity index (χ2v) is 37.4. The van der Waals surface area contributed by atoms with E-state index in [1.807, 2.05) is 0 Å². The molecule has 4 unspecified atom stereocenters. The fraction of sp³-hybridized carbons (Fsp3) is 1.00. The van der Waals surface area contributed by atoms with Gasteiger partial charge in [-0.15, -0.1) is 0 Å². The van der Waals surface area contributed by atoms with Crippen molar-refractivity contribution in [3.05, 3.63) is 0 Å². The summed E-state index contributed by atoms with van der Waals surface area (Å²) in [7, 11) is 0. The first kappa shape index (κ1) is 3.95. The molecule has 4 atom stereocenters. The van der Waals surface area contributed by atoms with Crippen molar-refractivity contribution in [2.24, 2.45) is 0 Å². The Morgan fingerprint density at radius 1 is 0.750 bits per heavy atom. The zero-order valence-corrected chi connectivity index (χ0v) is 10.8. The molecule has 0 saturated carbocycles. The Balaban J connectivity index is 2.31. The van der Waals surface area contributed by atoms with E-state index >= 15 is 0 Å². The van der Waals surface area contributed by atoms with Gasteiger partial charge in [-0.1, -0.05) is 0 Å². The third-order valence-electron chi connectivity index (χ3n) is 15.0. The zero-order chi connectivity index (χ0) is 7.01. The van der Waals surface area contributed by atoms with Gasteiger partial charge in [-0.25, -0.2) is 0 Å². The first-order chi connectivity index (χ1) is 5.55. The zero-order valence-electron chi connectivity index (χ0n) is 6.76. The van der Waals surface area contributed by atoms with Crippen molar-refractivity contribution in [1.29, 1.82) is 0 Å². The molecular formula is C10H9FeZn. The van der Waals surface area contributed by atoms with E-state index in [9.17, 15) is 0 Å². The van der Waals surface area contributed by atoms with E-state index in [-0.39, 0.29) is 0 Å². The number of fused-ring (bicyclic) bond motifs is 10. The normalized spacial score (nSPS) is 164. The second-order valence-electron chi connectivity index (χ2n) is 9.84. The standard InChI is InChI=1S/C5H5.C5H4.Fe.Zn/c2*1-2-4-5-3-1;;/h1-5H;1-4H;;. The van der Waals surface area contributed by atoms with Crippen molar-refractivity contribution in [1.82, 2.24) is 0 Å². The van der Waals surface area contributed by atoms with Gasteiger partial charge in [0.15, 0.2) is 0 Å². The van der Waals surface area contributed by atoms with Crippen LogP contribution >= 0.6 is 0 Å². The number of hydrogen-bond donors (Lipinski definition) is 0. The molecule has 0 aliphatic carbocycles. The van der Waals surface area contributed by atoms with Crippen LogP contribution in [0.2, 0.25) is 46.3 Å². The topological polar surface area (TPSA) is 0 Å². The SMILES string of the molecule is [Zn][C]12[CH]3[CH]4[CH]5[CH]1[Fe]45321678[CH]2[CH]1[CH]6[CH]7[CH]28. The summed E-state index contributed by atoms with van der Waals surface area (Å²) in [5, 5.41) is 0. The molecule has 1 spiro atoms. The summed E-state index contributed by atoms with van der Waals surface area (Å²) in [6, 6.07) is 0. The van der Waals surface area contributed by atoms with Crippen LogP contribution in [-0.4, -0.2) is 0 Å². The van der Waals surface area contributed by atoms with Crippen LogP contribution in [0.25, 0.3) is 0 Å². The molecule has 0 nitrogen and oxygen atoms in total. The van der Waals surface area contributed by atoms with Gasteiger partial charge in [-0.3, -0.25) is 0 Å². The van der Waals surface area contributed by atoms with E-state index in [2.05, 4.69) is 0 Å². The second kappa shape index (κ2) is 0.241. The molecule has 10 aliphatic heterocycles. The fourth-order valence-electron chi connectivity index (χ4n) is 16.6. The summed E-state index contributed by atoms with van der Waals surface area (Å²) < 4.78 is 1.32. The summed E-state index contributed by atoms with van der Waals surface area (Å²) >= 11 is 1.81. The summed E-state index contributed by atoms with van der Waals surface area (Å²) in [4.78, 5) is 14.3. The molecule has 10 saturated heterocycles. The molecule has 0 radical (unpaired) electrons. The first-order valence-corrected chi connectivity index (χ1v) is 13.4. The van der Waals surface area contributed by atoms with Crippen LogP contribution in [0.4, 0.5) is 0 Å². The molecule has 59 valence electrons. The minimum absolute atomic E-state index is 1.32. The van der Waals surface area contributed by atoms with Crippen LogP contribution in [0.3, 0.4) is 0 Å². The monoisotopic (exact) mass is 249 g/mol. The third kappa shape index (κ3) is 0.0250. The van der Waals surface area contributed by atoms with Crippen LogP contribution < -0.4 is 0 Å². The molecule has 2 heteroatoms.